The third kappa shape index (κ3) is 4.05. The summed E-state index contributed by atoms with van der Waals surface area (Å²) in [6.45, 7) is 6.62. The average molecular weight is 454 g/mol. The molecule has 0 aliphatic rings. The number of thiophene rings is 1. The van der Waals surface area contributed by atoms with E-state index in [4.69, 9.17) is 10.8 Å². The zero-order chi connectivity index (χ0) is 23.1. The second-order valence-corrected chi connectivity index (χ2v) is 10.2. The first-order valence-electron chi connectivity index (χ1n) is 11.3. The Morgan fingerprint density at radius 2 is 1.79 bits per heavy atom. The van der Waals surface area contributed by atoms with Gasteiger partial charge in [0.05, 0.1) is 17.8 Å². The SMILES string of the molecule is Cc1cc2c(cnn2C(CC(C)C)c2ccc(C(N)=O)cc2)cc1-c1cc2ccccc2s1. The first-order chi connectivity index (χ1) is 15.9. The van der Waals surface area contributed by atoms with Gasteiger partial charge in [-0.25, -0.2) is 0 Å². The fourth-order valence-corrected chi connectivity index (χ4v) is 5.66. The van der Waals surface area contributed by atoms with E-state index in [0.29, 0.717) is 11.5 Å². The fraction of sp³-hybridized carbons (Fsp3) is 0.214. The molecular weight excluding hydrogens is 426 g/mol. The number of hydrogen-bond acceptors (Lipinski definition) is 3. The van der Waals surface area contributed by atoms with Gasteiger partial charge in [0.2, 0.25) is 5.91 Å². The summed E-state index contributed by atoms with van der Waals surface area (Å²) in [5, 5.41) is 7.25. The number of hydrogen-bond donors (Lipinski definition) is 1. The molecule has 1 amide bonds. The van der Waals surface area contributed by atoms with Gasteiger partial charge in [0.15, 0.2) is 0 Å². The van der Waals surface area contributed by atoms with Crippen LogP contribution >= 0.6 is 11.3 Å². The van der Waals surface area contributed by atoms with E-state index >= 15 is 0 Å². The van der Waals surface area contributed by atoms with E-state index in [1.54, 1.807) is 0 Å². The van der Waals surface area contributed by atoms with Crippen LogP contribution in [0, 0.1) is 12.8 Å². The van der Waals surface area contributed by atoms with Crippen LogP contribution in [0.4, 0.5) is 0 Å². The molecular formula is C28H27N3OS. The van der Waals surface area contributed by atoms with E-state index < -0.39 is 5.91 Å². The van der Waals surface area contributed by atoms with Gasteiger partial charge >= 0.3 is 0 Å². The molecule has 4 nitrogen and oxygen atoms in total. The van der Waals surface area contributed by atoms with Crippen LogP contribution in [0.15, 0.2) is 72.9 Å². The molecule has 5 rings (SSSR count). The maximum atomic E-state index is 11.5. The number of rotatable bonds is 6. The molecule has 1 atom stereocenters. The van der Waals surface area contributed by atoms with Gasteiger partial charge in [-0.15, -0.1) is 11.3 Å². The summed E-state index contributed by atoms with van der Waals surface area (Å²) in [6, 6.07) is 23.0. The summed E-state index contributed by atoms with van der Waals surface area (Å²) >= 11 is 1.83. The van der Waals surface area contributed by atoms with Crippen molar-refractivity contribution < 1.29 is 4.79 Å². The van der Waals surface area contributed by atoms with Crippen LogP contribution in [-0.4, -0.2) is 15.7 Å². The first kappa shape index (κ1) is 21.4. The Bertz CT molecular complexity index is 1430. The Balaban J connectivity index is 1.59. The number of nitrogens with two attached hydrogens (primary N) is 1. The summed E-state index contributed by atoms with van der Waals surface area (Å²) in [6.07, 6.45) is 2.92. The monoisotopic (exact) mass is 453 g/mol. The van der Waals surface area contributed by atoms with E-state index in [-0.39, 0.29) is 6.04 Å². The normalized spacial score (nSPS) is 12.6. The number of nitrogens with zero attached hydrogens (tertiary/aromatic N) is 2. The van der Waals surface area contributed by atoms with Gasteiger partial charge in [0, 0.05) is 20.5 Å². The Morgan fingerprint density at radius 3 is 2.48 bits per heavy atom. The Labute approximate surface area is 197 Å². The van der Waals surface area contributed by atoms with Crippen LogP contribution in [0.2, 0.25) is 0 Å². The molecule has 0 spiro atoms. The Hall–Kier alpha value is -3.44. The smallest absolute Gasteiger partial charge is 0.248 e. The second-order valence-electron chi connectivity index (χ2n) is 9.10. The average Bonchev–Trinajstić information content (AvgIpc) is 3.40. The van der Waals surface area contributed by atoms with Gasteiger partial charge in [0.25, 0.3) is 0 Å². The summed E-state index contributed by atoms with van der Waals surface area (Å²) in [5.74, 6) is 0.0832. The maximum Gasteiger partial charge on any atom is 0.248 e. The topological polar surface area (TPSA) is 60.9 Å². The van der Waals surface area contributed by atoms with Crippen LogP contribution in [0.25, 0.3) is 31.4 Å². The number of aromatic nitrogens is 2. The molecule has 166 valence electrons. The second kappa shape index (κ2) is 8.49. The zero-order valence-electron chi connectivity index (χ0n) is 19.1. The van der Waals surface area contributed by atoms with E-state index in [0.717, 1.165) is 22.9 Å². The maximum absolute atomic E-state index is 11.5. The van der Waals surface area contributed by atoms with Crippen molar-refractivity contribution >= 4 is 38.2 Å². The summed E-state index contributed by atoms with van der Waals surface area (Å²) in [5.41, 5.74) is 10.7. The highest BCUT2D eigenvalue weighted by molar-refractivity contribution is 7.22. The summed E-state index contributed by atoms with van der Waals surface area (Å²) in [7, 11) is 0. The fourth-order valence-electron chi connectivity index (χ4n) is 4.52. The number of benzene rings is 3. The molecule has 0 saturated heterocycles. The van der Waals surface area contributed by atoms with Crippen molar-refractivity contribution in [2.45, 2.75) is 33.2 Å². The van der Waals surface area contributed by atoms with Gasteiger partial charge in [-0.3, -0.25) is 9.48 Å². The number of carbonyl (C=O) groups is 1. The Morgan fingerprint density at radius 1 is 1.03 bits per heavy atom. The molecule has 0 radical (unpaired) electrons. The minimum atomic E-state index is -0.407. The molecule has 5 aromatic rings. The van der Waals surface area contributed by atoms with Crippen molar-refractivity contribution in [3.05, 3.63) is 89.6 Å². The summed E-state index contributed by atoms with van der Waals surface area (Å²) < 4.78 is 3.44. The van der Waals surface area contributed by atoms with Crippen molar-refractivity contribution in [1.82, 2.24) is 9.78 Å². The third-order valence-corrected chi connectivity index (χ3v) is 7.35. The molecule has 5 heteroatoms. The van der Waals surface area contributed by atoms with Gasteiger partial charge < -0.3 is 5.73 Å². The van der Waals surface area contributed by atoms with Gasteiger partial charge in [-0.1, -0.05) is 44.2 Å². The van der Waals surface area contributed by atoms with Crippen LogP contribution in [0.3, 0.4) is 0 Å². The van der Waals surface area contributed by atoms with Crippen LogP contribution in [0.1, 0.15) is 47.8 Å². The van der Waals surface area contributed by atoms with Crippen molar-refractivity contribution in [2.24, 2.45) is 11.7 Å². The number of carbonyl (C=O) groups excluding carboxylic acids is 1. The predicted octanol–water partition coefficient (Wildman–Crippen LogP) is 6.96. The molecule has 2 aromatic heterocycles. The lowest BCUT2D eigenvalue weighted by Crippen LogP contribution is -2.16. The van der Waals surface area contributed by atoms with Crippen LogP contribution in [-0.2, 0) is 0 Å². The number of fused-ring (bicyclic) bond motifs is 2. The molecule has 0 aliphatic carbocycles. The molecule has 0 aliphatic heterocycles. The lowest BCUT2D eigenvalue weighted by Gasteiger charge is -2.22. The molecule has 0 bridgehead atoms. The molecule has 3 aromatic carbocycles. The third-order valence-electron chi connectivity index (χ3n) is 6.20. The molecule has 0 saturated carbocycles. The van der Waals surface area contributed by atoms with E-state index in [9.17, 15) is 4.79 Å². The molecule has 0 fully saturated rings. The number of primary amides is 1. The van der Waals surface area contributed by atoms with Crippen molar-refractivity contribution in [3.63, 3.8) is 0 Å². The highest BCUT2D eigenvalue weighted by atomic mass is 32.1. The molecule has 2 heterocycles. The van der Waals surface area contributed by atoms with Crippen LogP contribution in [0.5, 0.6) is 0 Å². The van der Waals surface area contributed by atoms with Crippen molar-refractivity contribution in [1.29, 1.82) is 0 Å². The van der Waals surface area contributed by atoms with Gasteiger partial charge in [-0.05, 0) is 77.7 Å². The largest absolute Gasteiger partial charge is 0.366 e. The lowest BCUT2D eigenvalue weighted by atomic mass is 9.95. The minimum Gasteiger partial charge on any atom is -0.366 e. The minimum absolute atomic E-state index is 0.0824. The molecule has 2 N–H and O–H groups in total. The van der Waals surface area contributed by atoms with Crippen LogP contribution < -0.4 is 5.73 Å². The van der Waals surface area contributed by atoms with Gasteiger partial charge in [-0.2, -0.15) is 5.10 Å². The Kier molecular flexibility index (Phi) is 5.51. The first-order valence-corrected chi connectivity index (χ1v) is 12.1. The number of amides is 1. The molecule has 1 unspecified atom stereocenters. The lowest BCUT2D eigenvalue weighted by molar-refractivity contribution is 0.1000. The number of aryl methyl sites for hydroxylation is 1. The zero-order valence-corrected chi connectivity index (χ0v) is 19.9. The van der Waals surface area contributed by atoms with Gasteiger partial charge in [0.1, 0.15) is 0 Å². The predicted molar refractivity (Wildman–Crippen MR) is 138 cm³/mol. The van der Waals surface area contributed by atoms with E-state index in [1.807, 2.05) is 41.8 Å². The highest BCUT2D eigenvalue weighted by Crippen LogP contribution is 2.38. The van der Waals surface area contributed by atoms with Crippen molar-refractivity contribution in [2.75, 3.05) is 0 Å². The van der Waals surface area contributed by atoms with E-state index in [2.05, 4.69) is 67.9 Å². The standard InChI is InChI=1S/C28H27N3OS/c1-17(2)12-24(19-8-10-20(11-9-19)28(29)32)31-25-13-18(3)23(14-22(25)16-30-31)27-15-21-6-4-5-7-26(21)33-27/h4-11,13-17,24H,12H2,1-3H3,(H2,29,32). The quantitative estimate of drug-likeness (QED) is 0.302. The van der Waals surface area contributed by atoms with E-state index in [1.165, 1.54) is 26.1 Å². The van der Waals surface area contributed by atoms with Crippen molar-refractivity contribution in [3.8, 4) is 10.4 Å². The molecule has 33 heavy (non-hydrogen) atoms. The highest BCUT2D eigenvalue weighted by Gasteiger charge is 2.20. The summed E-state index contributed by atoms with van der Waals surface area (Å²) in [4.78, 5) is 12.8.